The fourth-order valence-corrected chi connectivity index (χ4v) is 2.95. The van der Waals surface area contributed by atoms with Crippen LogP contribution in [-0.2, 0) is 14.3 Å². The van der Waals surface area contributed by atoms with E-state index >= 15 is 0 Å². The van der Waals surface area contributed by atoms with E-state index in [0.717, 1.165) is 12.8 Å². The van der Waals surface area contributed by atoms with Crippen LogP contribution in [0.5, 0.6) is 0 Å². The number of hydroxylamine groups is 2. The lowest BCUT2D eigenvalue weighted by molar-refractivity contribution is -0.177. The Balaban J connectivity index is 1.71. The van der Waals surface area contributed by atoms with Gasteiger partial charge in [0.25, 0.3) is 0 Å². The zero-order valence-corrected chi connectivity index (χ0v) is 12.3. The minimum atomic E-state index is -0.290. The number of ether oxygens (including phenoxy) is 2. The molecule has 5 nitrogen and oxygen atoms in total. The molecular formula is C13H23B2NO4. The largest absolute Gasteiger partial charge is 0.394 e. The van der Waals surface area contributed by atoms with Crippen LogP contribution in [0.25, 0.3) is 0 Å². The molecule has 0 spiro atoms. The minimum absolute atomic E-state index is 0.0101. The van der Waals surface area contributed by atoms with Gasteiger partial charge in [0.05, 0.1) is 25.4 Å². The Labute approximate surface area is 123 Å². The van der Waals surface area contributed by atoms with Crippen molar-refractivity contribution in [3.05, 3.63) is 0 Å². The third-order valence-electron chi connectivity index (χ3n) is 4.13. The molecule has 2 saturated heterocycles. The SMILES string of the molecule is [B][C@H]1CC(C)[C@@H](CON(C)CC2C[C@H]([B])O[C@@H]2CO)O1. The summed E-state index contributed by atoms with van der Waals surface area (Å²) in [6, 6.07) is -0.467. The summed E-state index contributed by atoms with van der Waals surface area (Å²) in [6.45, 7) is 3.28. The molecule has 4 radical (unpaired) electrons. The summed E-state index contributed by atoms with van der Waals surface area (Å²) in [5, 5.41) is 11.0. The molecule has 0 aromatic heterocycles. The monoisotopic (exact) mass is 279 g/mol. The molecule has 110 valence electrons. The molecule has 0 amide bonds. The highest BCUT2D eigenvalue weighted by Gasteiger charge is 2.34. The molecule has 2 aliphatic heterocycles. The second-order valence-electron chi connectivity index (χ2n) is 5.92. The zero-order valence-electron chi connectivity index (χ0n) is 12.3. The average molecular weight is 279 g/mol. The average Bonchev–Trinajstić information content (AvgIpc) is 2.89. The predicted octanol–water partition coefficient (Wildman–Crippen LogP) is -0.339. The number of aliphatic hydroxyl groups is 1. The molecule has 0 aromatic rings. The molecule has 20 heavy (non-hydrogen) atoms. The maximum absolute atomic E-state index is 9.26. The normalized spacial score (nSPS) is 41.6. The van der Waals surface area contributed by atoms with Gasteiger partial charge in [0.2, 0.25) is 0 Å². The van der Waals surface area contributed by atoms with Crippen molar-refractivity contribution in [2.45, 2.75) is 44.0 Å². The van der Waals surface area contributed by atoms with Gasteiger partial charge in [0.1, 0.15) is 15.7 Å². The first kappa shape index (κ1) is 16.3. The molecule has 0 bridgehead atoms. The van der Waals surface area contributed by atoms with E-state index in [4.69, 9.17) is 30.0 Å². The van der Waals surface area contributed by atoms with Crippen LogP contribution >= 0.6 is 0 Å². The molecule has 2 unspecified atom stereocenters. The van der Waals surface area contributed by atoms with Gasteiger partial charge in [-0.15, -0.1) is 0 Å². The molecule has 0 aromatic carbocycles. The van der Waals surface area contributed by atoms with Crippen LogP contribution in [0.15, 0.2) is 0 Å². The van der Waals surface area contributed by atoms with Gasteiger partial charge in [-0.05, 0) is 18.8 Å². The Bertz CT molecular complexity index is 310. The van der Waals surface area contributed by atoms with E-state index in [9.17, 15) is 5.11 Å². The lowest BCUT2D eigenvalue weighted by Gasteiger charge is -2.25. The number of rotatable bonds is 6. The number of hydrogen-bond donors (Lipinski definition) is 1. The Morgan fingerprint density at radius 2 is 1.85 bits per heavy atom. The first-order valence-electron chi connectivity index (χ1n) is 7.26. The van der Waals surface area contributed by atoms with Crippen LogP contribution in [0.2, 0.25) is 0 Å². The maximum Gasteiger partial charge on any atom is 0.109 e. The van der Waals surface area contributed by atoms with Gasteiger partial charge in [-0.25, -0.2) is 0 Å². The van der Waals surface area contributed by atoms with Crippen LogP contribution < -0.4 is 0 Å². The fraction of sp³-hybridized carbons (Fsp3) is 1.00. The molecule has 2 heterocycles. The van der Waals surface area contributed by atoms with Crippen LogP contribution in [0.4, 0.5) is 0 Å². The van der Waals surface area contributed by atoms with E-state index in [0.29, 0.717) is 19.1 Å². The van der Waals surface area contributed by atoms with Crippen molar-refractivity contribution in [1.82, 2.24) is 5.06 Å². The van der Waals surface area contributed by atoms with Gasteiger partial charge >= 0.3 is 0 Å². The quantitative estimate of drug-likeness (QED) is 0.532. The lowest BCUT2D eigenvalue weighted by atomic mass is 9.91. The summed E-state index contributed by atoms with van der Waals surface area (Å²) >= 11 is 0. The predicted molar refractivity (Wildman–Crippen MR) is 76.4 cm³/mol. The Morgan fingerprint density at radius 1 is 1.20 bits per heavy atom. The molecular weight excluding hydrogens is 256 g/mol. The van der Waals surface area contributed by atoms with Crippen molar-refractivity contribution in [2.24, 2.45) is 11.8 Å². The highest BCUT2D eigenvalue weighted by Crippen LogP contribution is 2.27. The summed E-state index contributed by atoms with van der Waals surface area (Å²) in [5.74, 6) is 0.594. The molecule has 7 heteroatoms. The fourth-order valence-electron chi connectivity index (χ4n) is 2.95. The molecule has 2 aliphatic rings. The van der Waals surface area contributed by atoms with Gasteiger partial charge in [-0.2, -0.15) is 5.06 Å². The second-order valence-corrected chi connectivity index (χ2v) is 5.92. The Hall–Kier alpha value is -0.0701. The summed E-state index contributed by atoms with van der Waals surface area (Å²) < 4.78 is 11.0. The van der Waals surface area contributed by atoms with E-state index in [-0.39, 0.29) is 36.7 Å². The van der Waals surface area contributed by atoms with Gasteiger partial charge in [0.15, 0.2) is 0 Å². The van der Waals surface area contributed by atoms with E-state index in [1.807, 2.05) is 7.05 Å². The van der Waals surface area contributed by atoms with Crippen molar-refractivity contribution in [2.75, 3.05) is 26.8 Å². The van der Waals surface area contributed by atoms with Crippen molar-refractivity contribution >= 4 is 15.7 Å². The van der Waals surface area contributed by atoms with Gasteiger partial charge < -0.3 is 14.6 Å². The van der Waals surface area contributed by atoms with E-state index in [1.54, 1.807) is 5.06 Å². The maximum atomic E-state index is 9.26. The van der Waals surface area contributed by atoms with Gasteiger partial charge in [0, 0.05) is 31.5 Å². The molecule has 2 rings (SSSR count). The van der Waals surface area contributed by atoms with Crippen molar-refractivity contribution in [1.29, 1.82) is 0 Å². The molecule has 2 fully saturated rings. The Kier molecular flexibility index (Phi) is 5.93. The third-order valence-corrected chi connectivity index (χ3v) is 4.13. The summed E-state index contributed by atoms with van der Waals surface area (Å²) in [4.78, 5) is 5.71. The standard InChI is InChI=1S/C13H23B2NO4/c1-8-3-12(14)20-11(8)7-18-16(2)5-9-4-13(15)19-10(9)6-17/h8-13,17H,3-7H2,1-2H3/t8?,9?,10-,11-,12-,13-/m1/s1. The minimum Gasteiger partial charge on any atom is -0.394 e. The van der Waals surface area contributed by atoms with E-state index < -0.39 is 0 Å². The van der Waals surface area contributed by atoms with Crippen LogP contribution in [0.3, 0.4) is 0 Å². The number of hydrogen-bond acceptors (Lipinski definition) is 5. The van der Waals surface area contributed by atoms with E-state index in [2.05, 4.69) is 6.92 Å². The van der Waals surface area contributed by atoms with Gasteiger partial charge in [-0.1, -0.05) is 6.92 Å². The van der Waals surface area contributed by atoms with Crippen LogP contribution in [0, 0.1) is 11.8 Å². The number of nitrogens with zero attached hydrogens (tertiary/aromatic N) is 1. The molecule has 1 N–H and O–H groups in total. The van der Waals surface area contributed by atoms with Crippen molar-refractivity contribution in [3.63, 3.8) is 0 Å². The van der Waals surface area contributed by atoms with Crippen LogP contribution in [-0.4, -0.2) is 76.9 Å². The van der Waals surface area contributed by atoms with Crippen LogP contribution in [0.1, 0.15) is 19.8 Å². The smallest absolute Gasteiger partial charge is 0.109 e. The molecule has 0 aliphatic carbocycles. The van der Waals surface area contributed by atoms with Crippen molar-refractivity contribution in [3.8, 4) is 0 Å². The summed E-state index contributed by atoms with van der Waals surface area (Å²) in [5.41, 5.74) is 0. The van der Waals surface area contributed by atoms with E-state index in [1.165, 1.54) is 0 Å². The highest BCUT2D eigenvalue weighted by molar-refractivity contribution is 6.11. The van der Waals surface area contributed by atoms with Crippen molar-refractivity contribution < 1.29 is 19.4 Å². The zero-order chi connectivity index (χ0) is 14.7. The Morgan fingerprint density at radius 3 is 2.45 bits per heavy atom. The first-order chi connectivity index (χ1) is 9.49. The second kappa shape index (κ2) is 7.27. The third kappa shape index (κ3) is 4.21. The number of aliphatic hydroxyl groups excluding tert-OH is 1. The molecule has 0 saturated carbocycles. The highest BCUT2D eigenvalue weighted by atomic mass is 16.7. The lowest BCUT2D eigenvalue weighted by Crippen LogP contribution is -2.34. The first-order valence-corrected chi connectivity index (χ1v) is 7.26. The summed E-state index contributed by atoms with van der Waals surface area (Å²) in [7, 11) is 13.4. The summed E-state index contributed by atoms with van der Waals surface area (Å²) in [6.07, 6.45) is 1.45. The molecule has 6 atom stereocenters. The topological polar surface area (TPSA) is 51.2 Å². The van der Waals surface area contributed by atoms with Gasteiger partial charge in [-0.3, -0.25) is 4.84 Å².